The lowest BCUT2D eigenvalue weighted by molar-refractivity contribution is -0.144. The summed E-state index contributed by atoms with van der Waals surface area (Å²) in [5.74, 6) is -14.2. The zero-order valence-electron chi connectivity index (χ0n) is 45.8. The molecule has 0 spiro atoms. The highest BCUT2D eigenvalue weighted by Crippen LogP contribution is 2.39. The van der Waals surface area contributed by atoms with Crippen molar-refractivity contribution in [2.45, 2.75) is 126 Å². The van der Waals surface area contributed by atoms with Crippen LogP contribution in [0.15, 0.2) is 29.3 Å². The second-order valence-electron chi connectivity index (χ2n) is 21.3. The number of imide groups is 1. The number of amides is 10. The average Bonchev–Trinajstić information content (AvgIpc) is 2.44. The zero-order valence-corrected chi connectivity index (χ0v) is 47.4. The van der Waals surface area contributed by atoms with Crippen LogP contribution in [0.2, 0.25) is 0 Å². The van der Waals surface area contributed by atoms with Crippen LogP contribution in [0, 0.1) is 23.7 Å². The lowest BCUT2D eigenvalue weighted by Crippen LogP contribution is -2.60. The molecule has 0 radical (unpaired) electrons. The Morgan fingerprint density at radius 2 is 1.58 bits per heavy atom. The molecule has 2 fully saturated rings. The van der Waals surface area contributed by atoms with Crippen LogP contribution in [0.1, 0.15) is 77.8 Å². The number of nitrogens with two attached hydrogens (primary N) is 1. The van der Waals surface area contributed by atoms with E-state index in [0.29, 0.717) is 41.7 Å². The Morgan fingerprint density at radius 1 is 0.892 bits per heavy atom. The third-order valence-electron chi connectivity index (χ3n) is 15.8. The summed E-state index contributed by atoms with van der Waals surface area (Å²) in [5.41, 5.74) is 6.58. The van der Waals surface area contributed by atoms with Gasteiger partial charge < -0.3 is 67.2 Å². The van der Waals surface area contributed by atoms with E-state index in [1.54, 1.807) is 30.9 Å². The van der Waals surface area contributed by atoms with Gasteiger partial charge in [-0.15, -0.1) is 11.8 Å². The number of ether oxygens (including phenoxy) is 1. The summed E-state index contributed by atoms with van der Waals surface area (Å²) in [7, 11) is -1.02. The molecule has 2 aromatic rings. The van der Waals surface area contributed by atoms with Gasteiger partial charge in [0.1, 0.15) is 28.9 Å². The van der Waals surface area contributed by atoms with E-state index in [2.05, 4.69) is 31.6 Å². The summed E-state index contributed by atoms with van der Waals surface area (Å²) in [6.07, 6.45) is -3.26. The standard InChI is InChI=1S/C53H70N10O17S2.CH4/c1-5-25(2)32-14-28(65)17-55-48(74)27-12-33-31-6-7-40(80-4)34(23-81-30-20-61(21-30)43(71)10-11-62-44(72)8-9-45(62)73)47(31)60-52(33)82(79)24-36(57-42(70)18-56-49(32)75)50(76)58-35(16-41(54)69)53(78)63-19-29(66)15-37(63)51(77)59-46(38(67)13-27)26(3)39(68)22-64;/h6-9,25-27,29-30,32,35-37,39,46,60,64,66,68H,5,10-24H2,1-4H3,(H2,54,69)(H,55,74)(H,56,75)(H,57,70)(H,58,76)(H,59,77);1H4/t25-,26-,27+,29+,32-,35-,36-,37-,39-,46-,82?;/m0./s1. The van der Waals surface area contributed by atoms with Crippen molar-refractivity contribution in [3.8, 4) is 5.75 Å². The van der Waals surface area contributed by atoms with Crippen LogP contribution >= 0.6 is 11.8 Å². The fraction of sp³-hybridized carbons (Fsp3) is 0.593. The Bertz CT molecular complexity index is 2930. The smallest absolute Gasteiger partial charge is 0.253 e. The molecule has 29 heteroatoms. The van der Waals surface area contributed by atoms with Gasteiger partial charge >= 0.3 is 0 Å². The Labute approximate surface area is 485 Å². The number of carbonyl (C=O) groups excluding carboxylic acids is 12. The van der Waals surface area contributed by atoms with E-state index in [-0.39, 0.29) is 47.9 Å². The van der Waals surface area contributed by atoms with Crippen molar-refractivity contribution >= 4 is 104 Å². The lowest BCUT2D eigenvalue weighted by atomic mass is 9.85. The number of H-pyrrole nitrogens is 1. The van der Waals surface area contributed by atoms with Gasteiger partial charge in [0.25, 0.3) is 11.8 Å². The highest BCUT2D eigenvalue weighted by atomic mass is 32.2. The van der Waals surface area contributed by atoms with E-state index in [1.807, 2.05) is 0 Å². The monoisotopic (exact) mass is 1200 g/mol. The normalized spacial score (nSPS) is 26.6. The number of rotatable bonds is 14. The third kappa shape index (κ3) is 15.4. The highest BCUT2D eigenvalue weighted by molar-refractivity contribution is 7.99. The predicted octanol–water partition coefficient (Wildman–Crippen LogP) is -3.04. The molecule has 83 heavy (non-hydrogen) atoms. The van der Waals surface area contributed by atoms with Crippen molar-refractivity contribution in [3.63, 3.8) is 0 Å². The van der Waals surface area contributed by atoms with Gasteiger partial charge in [-0.25, -0.2) is 0 Å². The molecular formula is C54H74N10O17S2. The van der Waals surface area contributed by atoms with E-state index in [9.17, 15) is 72.9 Å². The molecule has 27 nitrogen and oxygen atoms in total. The first-order chi connectivity index (χ1) is 38.9. The Kier molecular flexibility index (Phi) is 22.3. The summed E-state index contributed by atoms with van der Waals surface area (Å²) in [4.78, 5) is 171. The fourth-order valence-electron chi connectivity index (χ4n) is 10.7. The number of ketones is 2. The molecule has 7 rings (SSSR count). The average molecular weight is 1200 g/mol. The topological polar surface area (TPSA) is 404 Å². The second-order valence-corrected chi connectivity index (χ2v) is 24.1. The molecule has 0 saturated carbocycles. The molecule has 2 bridgehead atoms. The number of nitrogens with one attached hydrogen (secondary N) is 6. The van der Waals surface area contributed by atoms with Gasteiger partial charge in [-0.05, 0) is 30.0 Å². The van der Waals surface area contributed by atoms with Crippen LogP contribution in [-0.2, 0) is 80.5 Å². The number of aliphatic hydroxyl groups is 3. The molecule has 454 valence electrons. The summed E-state index contributed by atoms with van der Waals surface area (Å²) >= 11 is 1.44. The third-order valence-corrected chi connectivity index (χ3v) is 18.4. The van der Waals surface area contributed by atoms with Crippen molar-refractivity contribution in [1.82, 2.24) is 46.3 Å². The van der Waals surface area contributed by atoms with Crippen LogP contribution in [0.5, 0.6) is 5.75 Å². The van der Waals surface area contributed by atoms with Gasteiger partial charge in [-0.2, -0.15) is 0 Å². The van der Waals surface area contributed by atoms with Gasteiger partial charge in [0.05, 0.1) is 73.5 Å². The maximum Gasteiger partial charge on any atom is 0.253 e. The number of Topliss-reactive ketones (excluding diaryl/α,β-unsaturated/α-hetero) is 2. The van der Waals surface area contributed by atoms with Gasteiger partial charge in [0, 0.05) is 104 Å². The summed E-state index contributed by atoms with van der Waals surface area (Å²) in [6, 6.07) is -3.77. The number of methoxy groups -OCH3 is 1. The first kappa shape index (κ1) is 65.1. The number of hydrogen-bond donors (Lipinski definition) is 10. The molecule has 2 saturated heterocycles. The fourth-order valence-corrected chi connectivity index (χ4v) is 13.3. The minimum absolute atomic E-state index is 0. The number of aromatic amines is 1. The number of likely N-dealkylation sites (tertiary alicyclic amines) is 1. The summed E-state index contributed by atoms with van der Waals surface area (Å²) in [6.45, 7) is 2.60. The number of benzene rings is 1. The van der Waals surface area contributed by atoms with Gasteiger partial charge in [-0.1, -0.05) is 34.6 Å². The minimum atomic E-state index is -2.43. The van der Waals surface area contributed by atoms with Crippen molar-refractivity contribution < 1.29 is 81.8 Å². The molecule has 11 atom stereocenters. The van der Waals surface area contributed by atoms with Crippen molar-refractivity contribution in [2.75, 3.05) is 58.7 Å². The van der Waals surface area contributed by atoms with Gasteiger partial charge in [0.15, 0.2) is 11.6 Å². The molecule has 6 heterocycles. The molecular weight excluding hydrogens is 1120 g/mol. The number of aliphatic hydroxyl groups excluding tert-OH is 3. The highest BCUT2D eigenvalue weighted by Gasteiger charge is 2.45. The molecule has 0 aliphatic carbocycles. The van der Waals surface area contributed by atoms with Crippen LogP contribution in [0.3, 0.4) is 0 Å². The number of aromatic nitrogens is 1. The largest absolute Gasteiger partial charge is 0.496 e. The maximum absolute atomic E-state index is 15.3. The van der Waals surface area contributed by atoms with Crippen molar-refractivity contribution in [1.29, 1.82) is 0 Å². The van der Waals surface area contributed by atoms with E-state index in [1.165, 1.54) is 25.8 Å². The first-order valence-corrected chi connectivity index (χ1v) is 29.4. The second kappa shape index (κ2) is 28.5. The SMILES string of the molecule is C.CC[C@H](C)[C@@H]1CC(=O)CNC(=O)[C@H]2CC(=O)[C@H]([C@@H](C)[C@@H](O)CO)NC(=O)[C@@H]3C[C@@H](O)CN3C(=O)[C@H](CC(N)=O)NC(=O)[C@H](CS(=O)c3[nH]c4c(CSC5CN(C(=O)CCN6C(=O)C=CC6=O)C5)c(OC)ccc4c3C2)NC(=O)CNC1=O. The Hall–Kier alpha value is -7.08. The lowest BCUT2D eigenvalue weighted by Gasteiger charge is -2.39. The maximum atomic E-state index is 15.3. The predicted molar refractivity (Wildman–Crippen MR) is 298 cm³/mol. The molecule has 1 unspecified atom stereocenters. The number of nitrogens with zero attached hydrogens (tertiary/aromatic N) is 3. The number of carbonyl (C=O) groups is 12. The van der Waals surface area contributed by atoms with Gasteiger partial charge in [0.2, 0.25) is 47.3 Å². The number of primary amides is 1. The van der Waals surface area contributed by atoms with Crippen LogP contribution in [0.25, 0.3) is 10.9 Å². The molecule has 1 aromatic heterocycles. The molecule has 11 N–H and O–H groups in total. The quantitative estimate of drug-likeness (QED) is 0.0841. The summed E-state index contributed by atoms with van der Waals surface area (Å²) < 4.78 is 21.1. The number of hydrogen-bond acceptors (Lipinski definition) is 18. The molecule has 1 aromatic carbocycles. The van der Waals surface area contributed by atoms with E-state index >= 15 is 4.21 Å². The van der Waals surface area contributed by atoms with Crippen LogP contribution < -0.4 is 37.1 Å². The van der Waals surface area contributed by atoms with Crippen molar-refractivity contribution in [2.24, 2.45) is 29.4 Å². The number of fused-ring (bicyclic) bond motifs is 5. The van der Waals surface area contributed by atoms with Gasteiger partial charge in [-0.3, -0.25) is 66.6 Å². The summed E-state index contributed by atoms with van der Waals surface area (Å²) in [5, 5.41) is 44.6. The van der Waals surface area contributed by atoms with E-state index < -0.39 is 200 Å². The molecule has 5 aliphatic rings. The molecule has 10 amide bonds. The van der Waals surface area contributed by atoms with Crippen LogP contribution in [-0.4, -0.2) is 210 Å². The minimum Gasteiger partial charge on any atom is -0.496 e. The Balaban J connectivity index is 0.0000111. The van der Waals surface area contributed by atoms with Crippen LogP contribution in [0.4, 0.5) is 0 Å². The van der Waals surface area contributed by atoms with E-state index in [0.717, 1.165) is 22.0 Å². The first-order valence-electron chi connectivity index (χ1n) is 27.0. The van der Waals surface area contributed by atoms with E-state index in [4.69, 9.17) is 10.5 Å². The zero-order chi connectivity index (χ0) is 59.9. The number of thioether (sulfide) groups is 1. The Morgan fingerprint density at radius 3 is 2.23 bits per heavy atom. The van der Waals surface area contributed by atoms with Crippen molar-refractivity contribution in [3.05, 3.63) is 35.4 Å². The molecule has 5 aliphatic heterocycles.